The quantitative estimate of drug-likeness (QED) is 0.523. The highest BCUT2D eigenvalue weighted by Crippen LogP contribution is 2.62. The Bertz CT molecular complexity index is 369. The zero-order valence-electron chi connectivity index (χ0n) is 8.12. The van der Waals surface area contributed by atoms with E-state index < -0.39 is 0 Å². The van der Waals surface area contributed by atoms with Crippen molar-refractivity contribution in [1.82, 2.24) is 0 Å². The van der Waals surface area contributed by atoms with Crippen LogP contribution in [0.1, 0.15) is 13.8 Å². The molecular weight excluding hydrogens is 156 g/mol. The van der Waals surface area contributed by atoms with Crippen molar-refractivity contribution < 1.29 is 0 Å². The Kier molecular flexibility index (Phi) is 1.17. The highest BCUT2D eigenvalue weighted by Gasteiger charge is 2.56. The maximum absolute atomic E-state index is 2.46. The Morgan fingerprint density at radius 2 is 1.85 bits per heavy atom. The second-order valence-corrected chi connectivity index (χ2v) is 4.49. The van der Waals surface area contributed by atoms with E-state index in [9.17, 15) is 0 Å². The number of allylic oxidation sites excluding steroid dienone is 8. The molecule has 3 aliphatic carbocycles. The lowest BCUT2D eigenvalue weighted by atomic mass is 9.90. The van der Waals surface area contributed by atoms with Crippen LogP contribution in [0.5, 0.6) is 0 Å². The topological polar surface area (TPSA) is 0 Å². The minimum absolute atomic E-state index is 0.404. The first-order valence-electron chi connectivity index (χ1n) is 5.05. The minimum Gasteiger partial charge on any atom is -0.0733 e. The molecule has 0 heteroatoms. The molecule has 13 heavy (non-hydrogen) atoms. The number of hydrogen-bond acceptors (Lipinski definition) is 0. The summed E-state index contributed by atoms with van der Waals surface area (Å²) in [7, 11) is 0. The van der Waals surface area contributed by atoms with Gasteiger partial charge in [0.2, 0.25) is 0 Å². The van der Waals surface area contributed by atoms with Gasteiger partial charge in [0, 0.05) is 5.41 Å². The standard InChI is InChI=1S/C13H14/c1-9-10(2)13(9)7-6-11-4-3-5-12(11)8-13/h3-10H,1-2H3. The third kappa shape index (κ3) is 0.763. The molecule has 2 unspecified atom stereocenters. The number of hydrogen-bond donors (Lipinski definition) is 0. The Balaban J connectivity index is 2.06. The summed E-state index contributed by atoms with van der Waals surface area (Å²) < 4.78 is 0. The summed E-state index contributed by atoms with van der Waals surface area (Å²) in [6, 6.07) is 0. The van der Waals surface area contributed by atoms with Crippen LogP contribution in [0.25, 0.3) is 0 Å². The maximum Gasteiger partial charge on any atom is 0.0130 e. The summed E-state index contributed by atoms with van der Waals surface area (Å²) in [5.41, 5.74) is 3.22. The monoisotopic (exact) mass is 170 g/mol. The third-order valence-electron chi connectivity index (χ3n) is 4.06. The molecule has 0 heterocycles. The number of rotatable bonds is 0. The first kappa shape index (κ1) is 7.37. The van der Waals surface area contributed by atoms with Gasteiger partial charge in [0.1, 0.15) is 0 Å². The van der Waals surface area contributed by atoms with Gasteiger partial charge in [0.15, 0.2) is 0 Å². The van der Waals surface area contributed by atoms with Crippen LogP contribution in [0, 0.1) is 17.3 Å². The van der Waals surface area contributed by atoms with E-state index in [4.69, 9.17) is 0 Å². The van der Waals surface area contributed by atoms with Crippen molar-refractivity contribution in [2.24, 2.45) is 17.3 Å². The van der Waals surface area contributed by atoms with Gasteiger partial charge < -0.3 is 0 Å². The maximum atomic E-state index is 2.46. The van der Waals surface area contributed by atoms with Crippen molar-refractivity contribution in [2.45, 2.75) is 13.8 Å². The molecule has 0 saturated heterocycles. The molecule has 0 bridgehead atoms. The van der Waals surface area contributed by atoms with Gasteiger partial charge in [-0.05, 0) is 23.0 Å². The molecule has 2 atom stereocenters. The fraction of sp³-hybridized carbons (Fsp3) is 0.385. The van der Waals surface area contributed by atoms with E-state index in [0.29, 0.717) is 5.41 Å². The fourth-order valence-corrected chi connectivity index (χ4v) is 2.69. The van der Waals surface area contributed by atoms with E-state index in [1.807, 2.05) is 0 Å². The lowest BCUT2D eigenvalue weighted by molar-refractivity contribution is 0.716. The largest absolute Gasteiger partial charge is 0.0733 e. The van der Waals surface area contributed by atoms with E-state index in [2.05, 4.69) is 50.3 Å². The van der Waals surface area contributed by atoms with Crippen molar-refractivity contribution in [3.05, 3.63) is 47.6 Å². The molecule has 0 aromatic carbocycles. The van der Waals surface area contributed by atoms with E-state index in [-0.39, 0.29) is 0 Å². The number of fused-ring (bicyclic) bond motifs is 1. The molecule has 0 radical (unpaired) electrons. The normalized spacial score (nSPS) is 44.8. The Morgan fingerprint density at radius 3 is 2.54 bits per heavy atom. The highest BCUT2D eigenvalue weighted by molar-refractivity contribution is 5.59. The van der Waals surface area contributed by atoms with Crippen LogP contribution in [-0.4, -0.2) is 0 Å². The molecular formula is C13H14. The predicted octanol–water partition coefficient (Wildman–Crippen LogP) is 3.25. The predicted molar refractivity (Wildman–Crippen MR) is 55.2 cm³/mol. The first-order chi connectivity index (χ1) is 6.24. The zero-order valence-corrected chi connectivity index (χ0v) is 8.12. The van der Waals surface area contributed by atoms with E-state index in [1.54, 1.807) is 0 Å². The molecule has 0 aliphatic heterocycles. The SMILES string of the molecule is CC1C(C)C12C=CC1=CC=CC1=C2. The van der Waals surface area contributed by atoms with Gasteiger partial charge in [-0.25, -0.2) is 0 Å². The summed E-state index contributed by atoms with van der Waals surface area (Å²) in [5, 5.41) is 0. The summed E-state index contributed by atoms with van der Waals surface area (Å²) in [5.74, 6) is 1.65. The first-order valence-corrected chi connectivity index (χ1v) is 5.05. The molecule has 1 fully saturated rings. The summed E-state index contributed by atoms with van der Waals surface area (Å²) in [4.78, 5) is 0. The van der Waals surface area contributed by atoms with Crippen molar-refractivity contribution in [3.8, 4) is 0 Å². The fourth-order valence-electron chi connectivity index (χ4n) is 2.69. The van der Waals surface area contributed by atoms with Crippen molar-refractivity contribution in [3.63, 3.8) is 0 Å². The molecule has 3 aliphatic rings. The van der Waals surface area contributed by atoms with Crippen molar-refractivity contribution in [2.75, 3.05) is 0 Å². The Labute approximate surface area is 79.3 Å². The molecule has 0 N–H and O–H groups in total. The molecule has 0 aromatic rings. The van der Waals surface area contributed by atoms with Gasteiger partial charge in [-0.1, -0.05) is 50.3 Å². The Hall–Kier alpha value is -1.04. The molecule has 0 aromatic heterocycles. The van der Waals surface area contributed by atoms with Crippen LogP contribution in [0.3, 0.4) is 0 Å². The average molecular weight is 170 g/mol. The third-order valence-corrected chi connectivity index (χ3v) is 4.06. The minimum atomic E-state index is 0.404. The van der Waals surface area contributed by atoms with E-state index in [1.165, 1.54) is 11.1 Å². The molecule has 66 valence electrons. The highest BCUT2D eigenvalue weighted by atomic mass is 14.6. The molecule has 0 nitrogen and oxygen atoms in total. The van der Waals surface area contributed by atoms with E-state index >= 15 is 0 Å². The van der Waals surface area contributed by atoms with Crippen LogP contribution in [-0.2, 0) is 0 Å². The van der Waals surface area contributed by atoms with Crippen molar-refractivity contribution in [1.29, 1.82) is 0 Å². The molecule has 1 spiro atoms. The molecule has 3 rings (SSSR count). The average Bonchev–Trinajstić information content (AvgIpc) is 2.60. The smallest absolute Gasteiger partial charge is 0.0130 e. The van der Waals surface area contributed by atoms with Gasteiger partial charge in [-0.3, -0.25) is 0 Å². The second-order valence-electron chi connectivity index (χ2n) is 4.49. The second kappa shape index (κ2) is 2.06. The van der Waals surface area contributed by atoms with E-state index in [0.717, 1.165) is 11.8 Å². The van der Waals surface area contributed by atoms with Gasteiger partial charge >= 0.3 is 0 Å². The van der Waals surface area contributed by atoms with Gasteiger partial charge in [-0.2, -0.15) is 0 Å². The van der Waals surface area contributed by atoms with Crippen LogP contribution in [0.2, 0.25) is 0 Å². The van der Waals surface area contributed by atoms with Crippen LogP contribution in [0.15, 0.2) is 47.6 Å². The van der Waals surface area contributed by atoms with Crippen LogP contribution < -0.4 is 0 Å². The summed E-state index contributed by atoms with van der Waals surface area (Å²) >= 11 is 0. The van der Waals surface area contributed by atoms with Crippen LogP contribution in [0.4, 0.5) is 0 Å². The summed E-state index contributed by atoms with van der Waals surface area (Å²) in [6.07, 6.45) is 13.7. The lowest BCUT2D eigenvalue weighted by Crippen LogP contribution is -2.02. The molecule has 1 saturated carbocycles. The van der Waals surface area contributed by atoms with Gasteiger partial charge in [0.05, 0.1) is 0 Å². The van der Waals surface area contributed by atoms with Crippen LogP contribution >= 0.6 is 0 Å². The van der Waals surface area contributed by atoms with Gasteiger partial charge in [-0.15, -0.1) is 0 Å². The van der Waals surface area contributed by atoms with Gasteiger partial charge in [0.25, 0.3) is 0 Å². The summed E-state index contributed by atoms with van der Waals surface area (Å²) in [6.45, 7) is 4.69. The lowest BCUT2D eigenvalue weighted by Gasteiger charge is -2.14. The van der Waals surface area contributed by atoms with Crippen molar-refractivity contribution >= 4 is 0 Å². The zero-order chi connectivity index (χ0) is 9.05. The molecule has 0 amide bonds. The Morgan fingerprint density at radius 1 is 1.08 bits per heavy atom.